The molecule has 7 heteroatoms. The number of hydrogen-bond acceptors (Lipinski definition) is 4. The largest absolute Gasteiger partial charge is 0.332 e. The normalized spacial score (nSPS) is 17.3. The van der Waals surface area contributed by atoms with Crippen LogP contribution in [0.15, 0.2) is 48.5 Å². The molecule has 7 nitrogen and oxygen atoms in total. The summed E-state index contributed by atoms with van der Waals surface area (Å²) in [5.41, 5.74) is 2.36. The fraction of sp³-hybridized carbons (Fsp3) is 0.222. The van der Waals surface area contributed by atoms with Crippen LogP contribution in [-0.4, -0.2) is 27.8 Å². The van der Waals surface area contributed by atoms with Crippen molar-refractivity contribution in [1.29, 1.82) is 0 Å². The number of rotatable bonds is 4. The van der Waals surface area contributed by atoms with Crippen molar-refractivity contribution in [3.05, 3.63) is 69.8 Å². The second-order valence-corrected chi connectivity index (χ2v) is 6.01. The first kappa shape index (κ1) is 16.6. The number of amides is 3. The predicted octanol–water partition coefficient (Wildman–Crippen LogP) is 3.26. The van der Waals surface area contributed by atoms with E-state index >= 15 is 0 Å². The van der Waals surface area contributed by atoms with E-state index in [0.717, 1.165) is 5.56 Å². The third-order valence-electron chi connectivity index (χ3n) is 4.25. The topological polar surface area (TPSA) is 83.8 Å². The maximum Gasteiger partial charge on any atom is 0.332 e. The van der Waals surface area contributed by atoms with Gasteiger partial charge in [0.25, 0.3) is 11.6 Å². The molecule has 1 aliphatic heterocycles. The average molecular weight is 339 g/mol. The highest BCUT2D eigenvalue weighted by Crippen LogP contribution is 2.27. The minimum absolute atomic E-state index is 0.0301. The summed E-state index contributed by atoms with van der Waals surface area (Å²) in [6.45, 7) is 3.73. The van der Waals surface area contributed by atoms with Crippen LogP contribution in [0, 0.1) is 17.0 Å². The van der Waals surface area contributed by atoms with Crippen LogP contribution in [0.25, 0.3) is 0 Å². The van der Waals surface area contributed by atoms with Gasteiger partial charge in [-0.15, -0.1) is 0 Å². The lowest BCUT2D eigenvalue weighted by molar-refractivity contribution is -0.384. The third kappa shape index (κ3) is 3.08. The molecule has 128 valence electrons. The molecule has 0 saturated carbocycles. The molecule has 1 fully saturated rings. The summed E-state index contributed by atoms with van der Waals surface area (Å²) >= 11 is 0. The van der Waals surface area contributed by atoms with Crippen molar-refractivity contribution in [2.24, 2.45) is 0 Å². The van der Waals surface area contributed by atoms with E-state index in [1.54, 1.807) is 19.1 Å². The SMILES string of the molecule is Cc1ccc(N2C(=O)N(Cc3ccc([N+](=O)[O-])cc3)C(=O)C2C)cc1. The molecule has 0 bridgehead atoms. The Morgan fingerprint density at radius 3 is 2.20 bits per heavy atom. The van der Waals surface area contributed by atoms with Gasteiger partial charge in [-0.3, -0.25) is 24.7 Å². The van der Waals surface area contributed by atoms with E-state index in [-0.39, 0.29) is 24.2 Å². The van der Waals surface area contributed by atoms with Crippen molar-refractivity contribution in [2.75, 3.05) is 4.90 Å². The highest BCUT2D eigenvalue weighted by molar-refractivity contribution is 6.13. The van der Waals surface area contributed by atoms with Crippen LogP contribution < -0.4 is 4.90 Å². The van der Waals surface area contributed by atoms with Crippen molar-refractivity contribution in [2.45, 2.75) is 26.4 Å². The summed E-state index contributed by atoms with van der Waals surface area (Å²) in [6.07, 6.45) is 0. The van der Waals surface area contributed by atoms with Gasteiger partial charge >= 0.3 is 6.03 Å². The molecule has 1 aliphatic rings. The molecule has 2 aromatic rings. The summed E-state index contributed by atoms with van der Waals surface area (Å²) in [6, 6.07) is 12.3. The number of anilines is 1. The van der Waals surface area contributed by atoms with Gasteiger partial charge in [-0.1, -0.05) is 29.8 Å². The first-order valence-corrected chi connectivity index (χ1v) is 7.83. The molecule has 0 N–H and O–H groups in total. The van der Waals surface area contributed by atoms with Crippen LogP contribution in [0.5, 0.6) is 0 Å². The van der Waals surface area contributed by atoms with Gasteiger partial charge in [-0.25, -0.2) is 4.79 Å². The van der Waals surface area contributed by atoms with Gasteiger partial charge in [0.15, 0.2) is 0 Å². The van der Waals surface area contributed by atoms with Crippen LogP contribution >= 0.6 is 0 Å². The number of carbonyl (C=O) groups excluding carboxylic acids is 2. The second-order valence-electron chi connectivity index (χ2n) is 6.01. The lowest BCUT2D eigenvalue weighted by Gasteiger charge is -2.19. The molecule has 25 heavy (non-hydrogen) atoms. The van der Waals surface area contributed by atoms with Crippen LogP contribution in [0.3, 0.4) is 0 Å². The molecule has 0 radical (unpaired) electrons. The van der Waals surface area contributed by atoms with Crippen molar-refractivity contribution in [3.63, 3.8) is 0 Å². The highest BCUT2D eigenvalue weighted by atomic mass is 16.6. The summed E-state index contributed by atoms with van der Waals surface area (Å²) < 4.78 is 0. The predicted molar refractivity (Wildman–Crippen MR) is 92.2 cm³/mol. The van der Waals surface area contributed by atoms with E-state index in [1.165, 1.54) is 21.9 Å². The molecule has 1 atom stereocenters. The molecule has 2 aromatic carbocycles. The van der Waals surface area contributed by atoms with Crippen LogP contribution in [0.4, 0.5) is 16.2 Å². The second kappa shape index (κ2) is 6.35. The maximum absolute atomic E-state index is 12.7. The monoisotopic (exact) mass is 339 g/mol. The molecule has 1 unspecified atom stereocenters. The van der Waals surface area contributed by atoms with E-state index in [0.29, 0.717) is 11.3 Å². The lowest BCUT2D eigenvalue weighted by atomic mass is 10.2. The molecular formula is C18H17N3O4. The summed E-state index contributed by atoms with van der Waals surface area (Å²) in [5, 5.41) is 10.7. The maximum atomic E-state index is 12.7. The Labute approximate surface area is 144 Å². The first-order chi connectivity index (χ1) is 11.9. The molecule has 0 aromatic heterocycles. The molecule has 1 heterocycles. The number of nitro groups is 1. The molecule has 0 spiro atoms. The Morgan fingerprint density at radius 2 is 1.64 bits per heavy atom. The van der Waals surface area contributed by atoms with Crippen LogP contribution in [0.2, 0.25) is 0 Å². The van der Waals surface area contributed by atoms with Gasteiger partial charge in [0.05, 0.1) is 11.5 Å². The smallest absolute Gasteiger partial charge is 0.282 e. The fourth-order valence-electron chi connectivity index (χ4n) is 2.82. The number of non-ortho nitro benzene ring substituents is 1. The number of nitrogens with zero attached hydrogens (tertiary/aromatic N) is 3. The Kier molecular flexibility index (Phi) is 4.22. The van der Waals surface area contributed by atoms with E-state index in [9.17, 15) is 19.7 Å². The number of carbonyl (C=O) groups is 2. The quantitative estimate of drug-likeness (QED) is 0.486. The van der Waals surface area contributed by atoms with Gasteiger partial charge in [-0.2, -0.15) is 0 Å². The van der Waals surface area contributed by atoms with Gasteiger partial charge < -0.3 is 0 Å². The first-order valence-electron chi connectivity index (χ1n) is 7.83. The number of hydrogen-bond donors (Lipinski definition) is 0. The van der Waals surface area contributed by atoms with E-state index in [1.807, 2.05) is 31.2 Å². The average Bonchev–Trinajstić information content (AvgIpc) is 2.80. The summed E-state index contributed by atoms with van der Waals surface area (Å²) in [5.74, 6) is -0.288. The van der Waals surface area contributed by atoms with E-state index in [4.69, 9.17) is 0 Å². The Hall–Kier alpha value is -3.22. The number of urea groups is 1. The number of benzene rings is 2. The molecule has 3 rings (SSSR count). The van der Waals surface area contributed by atoms with Gasteiger partial charge in [-0.05, 0) is 31.5 Å². The Morgan fingerprint density at radius 1 is 1.04 bits per heavy atom. The number of imide groups is 1. The summed E-state index contributed by atoms with van der Waals surface area (Å²) in [7, 11) is 0. The van der Waals surface area contributed by atoms with Crippen molar-refractivity contribution < 1.29 is 14.5 Å². The summed E-state index contributed by atoms with van der Waals surface area (Å²) in [4.78, 5) is 38.1. The molecule has 1 saturated heterocycles. The minimum atomic E-state index is -0.590. The van der Waals surface area contributed by atoms with Crippen molar-refractivity contribution in [3.8, 4) is 0 Å². The zero-order valence-electron chi connectivity index (χ0n) is 13.9. The third-order valence-corrected chi connectivity index (χ3v) is 4.25. The van der Waals surface area contributed by atoms with Crippen molar-refractivity contribution in [1.82, 2.24) is 4.90 Å². The van der Waals surface area contributed by atoms with Gasteiger partial charge in [0, 0.05) is 17.8 Å². The minimum Gasteiger partial charge on any atom is -0.282 e. The zero-order valence-corrected chi connectivity index (χ0v) is 13.9. The zero-order chi connectivity index (χ0) is 18.1. The Bertz CT molecular complexity index is 830. The number of aryl methyl sites for hydroxylation is 1. The van der Waals surface area contributed by atoms with Crippen LogP contribution in [-0.2, 0) is 11.3 Å². The van der Waals surface area contributed by atoms with Gasteiger partial charge in [0.2, 0.25) is 0 Å². The Balaban J connectivity index is 1.82. The van der Waals surface area contributed by atoms with Crippen LogP contribution in [0.1, 0.15) is 18.1 Å². The standard InChI is InChI=1S/C18H17N3O4/c1-12-3-7-15(8-4-12)20-13(2)17(22)19(18(20)23)11-14-5-9-16(10-6-14)21(24)25/h3-10,13H,11H2,1-2H3. The number of nitro benzene ring substituents is 1. The van der Waals surface area contributed by atoms with Crippen molar-refractivity contribution >= 4 is 23.3 Å². The van der Waals surface area contributed by atoms with E-state index < -0.39 is 11.0 Å². The molecule has 0 aliphatic carbocycles. The van der Waals surface area contributed by atoms with Gasteiger partial charge in [0.1, 0.15) is 6.04 Å². The molecule has 3 amide bonds. The fourth-order valence-corrected chi connectivity index (χ4v) is 2.82. The van der Waals surface area contributed by atoms with E-state index in [2.05, 4.69) is 0 Å². The molecular weight excluding hydrogens is 322 g/mol. The lowest BCUT2D eigenvalue weighted by Crippen LogP contribution is -2.33. The highest BCUT2D eigenvalue weighted by Gasteiger charge is 2.43.